The number of likely N-dealkylation sites (tertiary alicyclic amines) is 2. The van der Waals surface area contributed by atoms with Gasteiger partial charge in [0.15, 0.2) is 0 Å². The normalized spacial score (nSPS) is 27.7. The van der Waals surface area contributed by atoms with Gasteiger partial charge in [-0.1, -0.05) is 6.92 Å². The second-order valence-electron chi connectivity index (χ2n) is 5.60. The van der Waals surface area contributed by atoms with Crippen molar-refractivity contribution in [2.75, 3.05) is 45.8 Å². The van der Waals surface area contributed by atoms with Crippen LogP contribution in [0.4, 0.5) is 0 Å². The summed E-state index contributed by atoms with van der Waals surface area (Å²) in [5.74, 6) is 0. The van der Waals surface area contributed by atoms with E-state index in [2.05, 4.69) is 22.0 Å². The predicted octanol–water partition coefficient (Wildman–Crippen LogP) is 1.55. The molecule has 1 N–H and O–H groups in total. The predicted molar refractivity (Wildman–Crippen MR) is 73.4 cm³/mol. The monoisotopic (exact) mass is 239 g/mol. The van der Waals surface area contributed by atoms with Gasteiger partial charge in [-0.2, -0.15) is 0 Å². The van der Waals surface area contributed by atoms with Crippen molar-refractivity contribution in [3.05, 3.63) is 0 Å². The summed E-state index contributed by atoms with van der Waals surface area (Å²) in [6.45, 7) is 11.2. The molecular formula is C14H29N3. The summed E-state index contributed by atoms with van der Waals surface area (Å²) >= 11 is 0. The zero-order valence-electron chi connectivity index (χ0n) is 11.5. The van der Waals surface area contributed by atoms with Crippen LogP contribution < -0.4 is 5.32 Å². The molecule has 3 nitrogen and oxygen atoms in total. The molecule has 17 heavy (non-hydrogen) atoms. The van der Waals surface area contributed by atoms with E-state index in [4.69, 9.17) is 0 Å². The van der Waals surface area contributed by atoms with E-state index in [1.165, 1.54) is 71.4 Å². The summed E-state index contributed by atoms with van der Waals surface area (Å²) in [6, 6.07) is 0.750. The van der Waals surface area contributed by atoms with E-state index in [9.17, 15) is 0 Å². The Kier molecular flexibility index (Phi) is 5.75. The van der Waals surface area contributed by atoms with E-state index in [0.29, 0.717) is 0 Å². The molecular weight excluding hydrogens is 210 g/mol. The van der Waals surface area contributed by atoms with E-state index in [-0.39, 0.29) is 0 Å². The second kappa shape index (κ2) is 7.34. The molecule has 0 bridgehead atoms. The van der Waals surface area contributed by atoms with Crippen LogP contribution in [-0.4, -0.2) is 61.7 Å². The van der Waals surface area contributed by atoms with Crippen LogP contribution in [0.25, 0.3) is 0 Å². The third-order valence-electron chi connectivity index (χ3n) is 4.15. The summed E-state index contributed by atoms with van der Waals surface area (Å²) in [5, 5.41) is 3.59. The molecule has 0 radical (unpaired) electrons. The molecule has 0 aromatic heterocycles. The lowest BCUT2D eigenvalue weighted by molar-refractivity contribution is 0.181. The van der Waals surface area contributed by atoms with Crippen molar-refractivity contribution in [2.45, 2.75) is 45.1 Å². The minimum absolute atomic E-state index is 0.750. The molecule has 1 atom stereocenters. The Morgan fingerprint density at radius 2 is 1.71 bits per heavy atom. The van der Waals surface area contributed by atoms with Gasteiger partial charge in [-0.25, -0.2) is 0 Å². The molecule has 100 valence electrons. The zero-order chi connectivity index (χ0) is 11.9. The van der Waals surface area contributed by atoms with Gasteiger partial charge in [0.2, 0.25) is 0 Å². The van der Waals surface area contributed by atoms with Crippen molar-refractivity contribution in [2.24, 2.45) is 0 Å². The van der Waals surface area contributed by atoms with Crippen molar-refractivity contribution in [3.8, 4) is 0 Å². The number of hydrogen-bond acceptors (Lipinski definition) is 3. The molecule has 1 unspecified atom stereocenters. The zero-order valence-corrected chi connectivity index (χ0v) is 11.5. The topological polar surface area (TPSA) is 18.5 Å². The van der Waals surface area contributed by atoms with E-state index in [1.807, 2.05) is 0 Å². The summed E-state index contributed by atoms with van der Waals surface area (Å²) in [4.78, 5) is 5.29. The average Bonchev–Trinajstić information content (AvgIpc) is 2.83. The number of likely N-dealkylation sites (N-methyl/N-ethyl adjacent to an activating group) is 1. The first-order valence-electron chi connectivity index (χ1n) is 7.56. The maximum absolute atomic E-state index is 3.59. The Bertz CT molecular complexity index is 200. The molecule has 0 spiro atoms. The van der Waals surface area contributed by atoms with Crippen molar-refractivity contribution < 1.29 is 0 Å². The van der Waals surface area contributed by atoms with Crippen LogP contribution in [0.1, 0.15) is 39.0 Å². The number of rotatable bonds is 6. The molecule has 2 rings (SSSR count). The van der Waals surface area contributed by atoms with Gasteiger partial charge < -0.3 is 15.1 Å². The summed E-state index contributed by atoms with van der Waals surface area (Å²) in [6.07, 6.45) is 6.95. The highest BCUT2D eigenvalue weighted by Gasteiger charge is 2.18. The average molecular weight is 239 g/mol. The van der Waals surface area contributed by atoms with Crippen LogP contribution in [-0.2, 0) is 0 Å². The Labute approximate surface area is 107 Å². The minimum Gasteiger partial charge on any atom is -0.313 e. The number of nitrogens with one attached hydrogen (secondary N) is 1. The Balaban J connectivity index is 1.58. The van der Waals surface area contributed by atoms with Gasteiger partial charge in [0.05, 0.1) is 0 Å². The lowest BCUT2D eigenvalue weighted by atomic mass is 10.1. The Hall–Kier alpha value is -0.120. The highest BCUT2D eigenvalue weighted by molar-refractivity contribution is 4.78. The summed E-state index contributed by atoms with van der Waals surface area (Å²) < 4.78 is 0. The Morgan fingerprint density at radius 3 is 2.47 bits per heavy atom. The fraction of sp³-hybridized carbons (Fsp3) is 1.00. The standard InChI is InChI=1S/C14H29N3/c1-2-15-14-7-5-10-17(13-14)12-6-11-16-8-3-4-9-16/h14-15H,2-13H2,1H3. The first-order valence-corrected chi connectivity index (χ1v) is 7.56. The molecule has 0 saturated carbocycles. The highest BCUT2D eigenvalue weighted by Crippen LogP contribution is 2.12. The van der Waals surface area contributed by atoms with Crippen molar-refractivity contribution in [3.63, 3.8) is 0 Å². The van der Waals surface area contributed by atoms with Gasteiger partial charge in [0.25, 0.3) is 0 Å². The molecule has 2 saturated heterocycles. The number of piperidine rings is 1. The number of nitrogens with zero attached hydrogens (tertiary/aromatic N) is 2. The largest absolute Gasteiger partial charge is 0.313 e. The van der Waals surface area contributed by atoms with E-state index in [1.54, 1.807) is 0 Å². The van der Waals surface area contributed by atoms with Gasteiger partial charge in [0.1, 0.15) is 0 Å². The molecule has 0 aromatic rings. The summed E-state index contributed by atoms with van der Waals surface area (Å²) in [7, 11) is 0. The van der Waals surface area contributed by atoms with E-state index >= 15 is 0 Å². The molecule has 2 fully saturated rings. The first-order chi connectivity index (χ1) is 8.38. The van der Waals surface area contributed by atoms with E-state index in [0.717, 1.165) is 12.6 Å². The van der Waals surface area contributed by atoms with Crippen LogP contribution in [0, 0.1) is 0 Å². The molecule has 2 aliphatic heterocycles. The maximum atomic E-state index is 3.59. The van der Waals surface area contributed by atoms with Crippen molar-refractivity contribution >= 4 is 0 Å². The SMILES string of the molecule is CCNC1CCCN(CCCN2CCCC2)C1. The molecule has 3 heteroatoms. The van der Waals surface area contributed by atoms with Gasteiger partial charge in [-0.15, -0.1) is 0 Å². The third kappa shape index (κ3) is 4.57. The van der Waals surface area contributed by atoms with Crippen molar-refractivity contribution in [1.82, 2.24) is 15.1 Å². The second-order valence-corrected chi connectivity index (χ2v) is 5.60. The highest BCUT2D eigenvalue weighted by atomic mass is 15.2. The van der Waals surface area contributed by atoms with Gasteiger partial charge in [-0.3, -0.25) is 0 Å². The fourth-order valence-electron chi connectivity index (χ4n) is 3.24. The lowest BCUT2D eigenvalue weighted by Crippen LogP contribution is -2.46. The summed E-state index contributed by atoms with van der Waals surface area (Å²) in [5.41, 5.74) is 0. The van der Waals surface area contributed by atoms with Crippen LogP contribution in [0.2, 0.25) is 0 Å². The molecule has 2 aliphatic rings. The van der Waals surface area contributed by atoms with Crippen LogP contribution in [0.5, 0.6) is 0 Å². The minimum atomic E-state index is 0.750. The Morgan fingerprint density at radius 1 is 1.00 bits per heavy atom. The molecule has 0 aromatic carbocycles. The lowest BCUT2D eigenvalue weighted by Gasteiger charge is -2.33. The van der Waals surface area contributed by atoms with Crippen LogP contribution >= 0.6 is 0 Å². The van der Waals surface area contributed by atoms with Crippen LogP contribution in [0.3, 0.4) is 0 Å². The smallest absolute Gasteiger partial charge is 0.0195 e. The van der Waals surface area contributed by atoms with Crippen molar-refractivity contribution in [1.29, 1.82) is 0 Å². The van der Waals surface area contributed by atoms with Crippen LogP contribution in [0.15, 0.2) is 0 Å². The van der Waals surface area contributed by atoms with Gasteiger partial charge >= 0.3 is 0 Å². The molecule has 0 aliphatic carbocycles. The maximum Gasteiger partial charge on any atom is 0.0195 e. The third-order valence-corrected chi connectivity index (χ3v) is 4.15. The molecule has 0 amide bonds. The van der Waals surface area contributed by atoms with E-state index < -0.39 is 0 Å². The first kappa shape index (κ1) is 13.3. The molecule has 2 heterocycles. The number of hydrogen-bond donors (Lipinski definition) is 1. The van der Waals surface area contributed by atoms with Gasteiger partial charge in [0, 0.05) is 12.6 Å². The fourth-order valence-corrected chi connectivity index (χ4v) is 3.24. The van der Waals surface area contributed by atoms with Gasteiger partial charge in [-0.05, 0) is 71.4 Å². The quantitative estimate of drug-likeness (QED) is 0.758.